The van der Waals surface area contributed by atoms with Crippen LogP contribution in [-0.4, -0.2) is 22.2 Å². The Morgan fingerprint density at radius 2 is 1.80 bits per heavy atom. The number of nitrogens with zero attached hydrogens (tertiary/aromatic N) is 4. The molecule has 3 unspecified atom stereocenters. The maximum Gasteiger partial charge on any atom is 0.178 e. The van der Waals surface area contributed by atoms with E-state index < -0.39 is 5.67 Å². The van der Waals surface area contributed by atoms with Crippen molar-refractivity contribution < 1.29 is 4.39 Å². The Bertz CT molecular complexity index is 793. The Labute approximate surface area is 148 Å². The van der Waals surface area contributed by atoms with Crippen LogP contribution in [0.4, 0.5) is 21.7 Å². The van der Waals surface area contributed by atoms with Crippen LogP contribution in [0.3, 0.4) is 0 Å². The molecule has 3 atom stereocenters. The number of anilines is 3. The average Bonchev–Trinajstić information content (AvgIpc) is 2.97. The van der Waals surface area contributed by atoms with Crippen molar-refractivity contribution in [1.29, 1.82) is 0 Å². The number of rotatable bonds is 3. The van der Waals surface area contributed by atoms with E-state index in [2.05, 4.69) is 40.5 Å². The fourth-order valence-corrected chi connectivity index (χ4v) is 4.69. The molecule has 0 bridgehead atoms. The normalized spacial score (nSPS) is 27.3. The standard InChI is InChI=1S/C20H25FN4/c1-5-14-19-24(13(3)4)17-18(23-12-11-22-17)25(19)16-10-8-7-9-15(16)20(14,21)6-2/h7-14,19H,5-6H2,1-4H3. The van der Waals surface area contributed by atoms with Gasteiger partial charge in [-0.15, -0.1) is 0 Å². The molecule has 1 aromatic heterocycles. The number of aromatic nitrogens is 2. The summed E-state index contributed by atoms with van der Waals surface area (Å²) >= 11 is 0. The SMILES string of the molecule is CCC1C2N(c3ccccc3C1(F)CC)c1nccnc1N2C(C)C. The van der Waals surface area contributed by atoms with E-state index in [0.717, 1.165) is 29.3 Å². The van der Waals surface area contributed by atoms with Gasteiger partial charge >= 0.3 is 0 Å². The highest BCUT2D eigenvalue weighted by atomic mass is 19.1. The minimum absolute atomic E-state index is 0.0951. The first kappa shape index (κ1) is 16.3. The van der Waals surface area contributed by atoms with Crippen LogP contribution in [0.5, 0.6) is 0 Å². The summed E-state index contributed by atoms with van der Waals surface area (Å²) in [5.41, 5.74) is 0.357. The average molecular weight is 340 g/mol. The first-order valence-electron chi connectivity index (χ1n) is 9.21. The smallest absolute Gasteiger partial charge is 0.178 e. The molecule has 0 amide bonds. The fourth-order valence-electron chi connectivity index (χ4n) is 4.69. The highest BCUT2D eigenvalue weighted by molar-refractivity contribution is 5.81. The van der Waals surface area contributed by atoms with Gasteiger partial charge in [0.25, 0.3) is 0 Å². The molecule has 0 radical (unpaired) electrons. The van der Waals surface area contributed by atoms with Crippen molar-refractivity contribution in [2.45, 2.75) is 58.4 Å². The third kappa shape index (κ3) is 2.04. The highest BCUT2D eigenvalue weighted by Gasteiger charge is 2.56. The van der Waals surface area contributed by atoms with Gasteiger partial charge in [0.1, 0.15) is 11.8 Å². The molecule has 0 saturated carbocycles. The zero-order chi connectivity index (χ0) is 17.8. The molecule has 4 nitrogen and oxygen atoms in total. The molecule has 3 heterocycles. The number of fused-ring (bicyclic) bond motifs is 5. The quantitative estimate of drug-likeness (QED) is 0.804. The molecule has 0 spiro atoms. The topological polar surface area (TPSA) is 32.3 Å². The molecule has 2 aliphatic heterocycles. The third-order valence-electron chi connectivity index (χ3n) is 5.75. The molecule has 1 aromatic carbocycles. The van der Waals surface area contributed by atoms with Gasteiger partial charge in [-0.25, -0.2) is 14.4 Å². The molecule has 0 fully saturated rings. The predicted octanol–water partition coefficient (Wildman–Crippen LogP) is 4.78. The second-order valence-corrected chi connectivity index (χ2v) is 7.24. The molecule has 132 valence electrons. The summed E-state index contributed by atoms with van der Waals surface area (Å²) < 4.78 is 16.4. The van der Waals surface area contributed by atoms with Crippen LogP contribution < -0.4 is 9.80 Å². The number of alkyl halides is 1. The zero-order valence-electron chi connectivity index (χ0n) is 15.3. The maximum atomic E-state index is 16.4. The number of halogens is 1. The van der Waals surface area contributed by atoms with Crippen molar-refractivity contribution >= 4 is 17.3 Å². The molecule has 0 saturated heterocycles. The third-order valence-corrected chi connectivity index (χ3v) is 5.75. The van der Waals surface area contributed by atoms with E-state index in [1.807, 2.05) is 31.2 Å². The Morgan fingerprint density at radius 3 is 2.44 bits per heavy atom. The minimum Gasteiger partial charge on any atom is -0.330 e. The summed E-state index contributed by atoms with van der Waals surface area (Å²) in [4.78, 5) is 13.7. The molecular weight excluding hydrogens is 315 g/mol. The second kappa shape index (κ2) is 5.68. The van der Waals surface area contributed by atoms with Crippen molar-refractivity contribution in [3.05, 3.63) is 42.2 Å². The van der Waals surface area contributed by atoms with E-state index in [0.29, 0.717) is 6.42 Å². The first-order valence-corrected chi connectivity index (χ1v) is 9.21. The lowest BCUT2D eigenvalue weighted by Gasteiger charge is -2.50. The Morgan fingerprint density at radius 1 is 1.12 bits per heavy atom. The van der Waals surface area contributed by atoms with Crippen LogP contribution in [0.25, 0.3) is 0 Å². The molecular formula is C20H25FN4. The monoisotopic (exact) mass is 340 g/mol. The van der Waals surface area contributed by atoms with Gasteiger partial charge in [0, 0.05) is 29.9 Å². The minimum atomic E-state index is -1.35. The summed E-state index contributed by atoms with van der Waals surface area (Å²) in [7, 11) is 0. The Balaban J connectivity index is 2.02. The van der Waals surface area contributed by atoms with E-state index in [1.54, 1.807) is 12.4 Å². The van der Waals surface area contributed by atoms with E-state index in [-0.39, 0.29) is 18.1 Å². The summed E-state index contributed by atoms with van der Waals surface area (Å²) in [5, 5.41) is 0. The molecule has 25 heavy (non-hydrogen) atoms. The van der Waals surface area contributed by atoms with E-state index >= 15 is 4.39 Å². The lowest BCUT2D eigenvalue weighted by atomic mass is 9.73. The van der Waals surface area contributed by atoms with E-state index in [1.165, 1.54) is 0 Å². The van der Waals surface area contributed by atoms with Crippen molar-refractivity contribution in [3.63, 3.8) is 0 Å². The molecule has 5 heteroatoms. The van der Waals surface area contributed by atoms with Crippen molar-refractivity contribution in [3.8, 4) is 0 Å². The number of hydrogen-bond donors (Lipinski definition) is 0. The maximum absolute atomic E-state index is 16.4. The lowest BCUT2D eigenvalue weighted by molar-refractivity contribution is 0.0450. The van der Waals surface area contributed by atoms with Gasteiger partial charge in [-0.05, 0) is 32.8 Å². The van der Waals surface area contributed by atoms with E-state index in [9.17, 15) is 0 Å². The van der Waals surface area contributed by atoms with Gasteiger partial charge < -0.3 is 9.80 Å². The molecule has 0 N–H and O–H groups in total. The fraction of sp³-hybridized carbons (Fsp3) is 0.500. The van der Waals surface area contributed by atoms with Gasteiger partial charge in [-0.2, -0.15) is 0 Å². The van der Waals surface area contributed by atoms with Crippen LogP contribution in [-0.2, 0) is 5.67 Å². The second-order valence-electron chi connectivity index (χ2n) is 7.24. The van der Waals surface area contributed by atoms with Gasteiger partial charge in [0.05, 0.1) is 5.69 Å². The van der Waals surface area contributed by atoms with Crippen LogP contribution in [0.1, 0.15) is 46.1 Å². The van der Waals surface area contributed by atoms with Crippen LogP contribution in [0.2, 0.25) is 0 Å². The van der Waals surface area contributed by atoms with Crippen LogP contribution >= 0.6 is 0 Å². The zero-order valence-corrected chi connectivity index (χ0v) is 15.3. The van der Waals surface area contributed by atoms with E-state index in [4.69, 9.17) is 0 Å². The highest BCUT2D eigenvalue weighted by Crippen LogP contribution is 2.57. The van der Waals surface area contributed by atoms with Gasteiger partial charge in [-0.1, -0.05) is 32.0 Å². The molecule has 2 aromatic rings. The van der Waals surface area contributed by atoms with Crippen molar-refractivity contribution in [2.75, 3.05) is 9.80 Å². The number of benzene rings is 1. The summed E-state index contributed by atoms with van der Waals surface area (Å²) in [6, 6.07) is 8.08. The van der Waals surface area contributed by atoms with Crippen molar-refractivity contribution in [1.82, 2.24) is 9.97 Å². The molecule has 2 aliphatic rings. The molecule has 0 aliphatic carbocycles. The molecule has 4 rings (SSSR count). The summed E-state index contributed by atoms with van der Waals surface area (Å²) in [6.45, 7) is 8.32. The first-order chi connectivity index (χ1) is 12.0. The van der Waals surface area contributed by atoms with Gasteiger partial charge in [0.15, 0.2) is 11.6 Å². The Kier molecular flexibility index (Phi) is 3.71. The number of hydrogen-bond acceptors (Lipinski definition) is 4. The number of para-hydroxylation sites is 1. The predicted molar refractivity (Wildman–Crippen MR) is 98.9 cm³/mol. The Hall–Kier alpha value is -2.17. The lowest BCUT2D eigenvalue weighted by Crippen LogP contribution is -2.57. The van der Waals surface area contributed by atoms with Gasteiger partial charge in [0.2, 0.25) is 0 Å². The van der Waals surface area contributed by atoms with Crippen molar-refractivity contribution in [2.24, 2.45) is 5.92 Å². The summed E-state index contributed by atoms with van der Waals surface area (Å²) in [6.07, 6.45) is 4.58. The van der Waals surface area contributed by atoms with Crippen LogP contribution in [0, 0.1) is 5.92 Å². The van der Waals surface area contributed by atoms with Gasteiger partial charge in [-0.3, -0.25) is 0 Å². The summed E-state index contributed by atoms with van der Waals surface area (Å²) in [5.74, 6) is 1.55. The largest absolute Gasteiger partial charge is 0.330 e. The van der Waals surface area contributed by atoms with Crippen LogP contribution in [0.15, 0.2) is 36.7 Å².